The minimum Gasteiger partial charge on any atom is -0.497 e. The van der Waals surface area contributed by atoms with Gasteiger partial charge in [-0.1, -0.05) is 0 Å². The molecule has 1 aromatic carbocycles. The smallest absolute Gasteiger partial charge is 0.362 e. The minimum absolute atomic E-state index is 0.0000898. The van der Waals surface area contributed by atoms with Crippen LogP contribution in [0.4, 0.5) is 10.1 Å². The van der Waals surface area contributed by atoms with Crippen molar-refractivity contribution in [3.05, 3.63) is 23.8 Å². The zero-order chi connectivity index (χ0) is 14.9. The third-order valence-corrected chi connectivity index (χ3v) is 2.83. The predicted molar refractivity (Wildman–Crippen MR) is 66.3 cm³/mol. The van der Waals surface area contributed by atoms with Crippen molar-refractivity contribution in [2.75, 3.05) is 18.6 Å². The van der Waals surface area contributed by atoms with Crippen LogP contribution in [0.15, 0.2) is 18.2 Å². The van der Waals surface area contributed by atoms with Crippen LogP contribution in [-0.4, -0.2) is 37.7 Å². The second kappa shape index (κ2) is 5.28. The van der Waals surface area contributed by atoms with Crippen LogP contribution < -0.4 is 9.64 Å². The summed E-state index contributed by atoms with van der Waals surface area (Å²) in [6, 6.07) is 4.15. The summed E-state index contributed by atoms with van der Waals surface area (Å²) in [4.78, 5) is 35.4. The molecule has 20 heavy (non-hydrogen) atoms. The summed E-state index contributed by atoms with van der Waals surface area (Å²) in [5.41, 5.74) is 0.0302. The van der Waals surface area contributed by atoms with Gasteiger partial charge in [0.15, 0.2) is 0 Å². The highest BCUT2D eigenvalue weighted by Gasteiger charge is 2.43. The molecule has 1 heterocycles. The molecule has 0 saturated heterocycles. The van der Waals surface area contributed by atoms with Crippen LogP contribution in [-0.2, 0) is 14.3 Å². The van der Waals surface area contributed by atoms with Gasteiger partial charge >= 0.3 is 11.9 Å². The first kappa shape index (κ1) is 14.0. The second-order valence-electron chi connectivity index (χ2n) is 3.98. The fourth-order valence-electron chi connectivity index (χ4n) is 1.91. The number of fused-ring (bicyclic) bond motifs is 1. The van der Waals surface area contributed by atoms with E-state index in [1.165, 1.54) is 32.2 Å². The Bertz CT molecular complexity index is 586. The Morgan fingerprint density at radius 2 is 2.10 bits per heavy atom. The van der Waals surface area contributed by atoms with E-state index in [-0.39, 0.29) is 17.9 Å². The van der Waals surface area contributed by atoms with Gasteiger partial charge in [-0.25, -0.2) is 9.18 Å². The van der Waals surface area contributed by atoms with E-state index in [0.29, 0.717) is 10.6 Å². The van der Waals surface area contributed by atoms with Crippen molar-refractivity contribution < 1.29 is 28.2 Å². The average molecular weight is 281 g/mol. The summed E-state index contributed by atoms with van der Waals surface area (Å²) >= 11 is 0. The average Bonchev–Trinajstić information content (AvgIpc) is 2.70. The van der Waals surface area contributed by atoms with Crippen LogP contribution in [0.3, 0.4) is 0 Å². The molecule has 0 saturated carbocycles. The molecule has 1 aliphatic rings. The molecule has 106 valence electrons. The topological polar surface area (TPSA) is 72.9 Å². The van der Waals surface area contributed by atoms with Gasteiger partial charge in [0, 0.05) is 6.07 Å². The molecule has 0 radical (unpaired) electrons. The van der Waals surface area contributed by atoms with Gasteiger partial charge in [-0.05, 0) is 19.1 Å². The maximum Gasteiger partial charge on any atom is 0.362 e. The number of carbonyl (C=O) groups is 3. The van der Waals surface area contributed by atoms with Crippen molar-refractivity contribution in [2.24, 2.45) is 0 Å². The molecule has 0 aliphatic carbocycles. The van der Waals surface area contributed by atoms with Gasteiger partial charge in [-0.2, -0.15) is 0 Å². The SMILES string of the molecule is CCOC(=O)C(F)N1C(=O)C(=O)c2ccc(OC)cc21. The van der Waals surface area contributed by atoms with E-state index < -0.39 is 24.0 Å². The molecular formula is C13H12FNO5. The minimum atomic E-state index is -2.36. The Labute approximate surface area is 114 Å². The Balaban J connectivity index is 2.43. The maximum absolute atomic E-state index is 14.1. The Kier molecular flexibility index (Phi) is 3.69. The van der Waals surface area contributed by atoms with Gasteiger partial charge in [0.1, 0.15) is 5.75 Å². The predicted octanol–water partition coefficient (Wildman–Crippen LogP) is 1.08. The third-order valence-electron chi connectivity index (χ3n) is 2.83. The number of carbonyl (C=O) groups excluding carboxylic acids is 3. The van der Waals surface area contributed by atoms with E-state index in [9.17, 15) is 18.8 Å². The number of methoxy groups -OCH3 is 1. The maximum atomic E-state index is 14.1. The summed E-state index contributed by atoms with van der Waals surface area (Å²) in [5, 5.41) is 0. The standard InChI is InChI=1S/C13H12FNO5/c1-3-20-13(18)11(14)15-9-6-7(19-2)4-5-8(9)10(16)12(15)17/h4-6,11H,3H2,1-2H3. The van der Waals surface area contributed by atoms with Crippen LogP contribution in [0, 0.1) is 0 Å². The molecule has 7 heteroatoms. The number of esters is 1. The lowest BCUT2D eigenvalue weighted by Crippen LogP contribution is -2.42. The number of hydrogen-bond acceptors (Lipinski definition) is 5. The van der Waals surface area contributed by atoms with E-state index in [4.69, 9.17) is 4.74 Å². The molecule has 1 amide bonds. The number of Topliss-reactive ketones (excluding diaryl/α,β-unsaturated/α-hetero) is 1. The summed E-state index contributed by atoms with van der Waals surface area (Å²) in [7, 11) is 1.39. The number of nitrogens with zero attached hydrogens (tertiary/aromatic N) is 1. The first-order valence-corrected chi connectivity index (χ1v) is 5.87. The number of ether oxygens (including phenoxy) is 2. The van der Waals surface area contributed by atoms with Crippen LogP contribution in [0.1, 0.15) is 17.3 Å². The number of ketones is 1. The first-order valence-electron chi connectivity index (χ1n) is 5.87. The number of hydrogen-bond donors (Lipinski definition) is 0. The van der Waals surface area contributed by atoms with Crippen LogP contribution in [0.25, 0.3) is 0 Å². The van der Waals surface area contributed by atoms with Crippen LogP contribution >= 0.6 is 0 Å². The van der Waals surface area contributed by atoms with Gasteiger partial charge in [0.2, 0.25) is 0 Å². The molecule has 1 atom stereocenters. The van der Waals surface area contributed by atoms with E-state index >= 15 is 0 Å². The molecular weight excluding hydrogens is 269 g/mol. The summed E-state index contributed by atoms with van der Waals surface area (Å²) in [6.45, 7) is 1.48. The number of amides is 1. The first-order chi connectivity index (χ1) is 9.51. The van der Waals surface area contributed by atoms with Crippen molar-refractivity contribution in [1.82, 2.24) is 0 Å². The molecule has 2 rings (SSSR count). The highest BCUT2D eigenvalue weighted by atomic mass is 19.1. The van der Waals surface area contributed by atoms with Crippen LogP contribution in [0.5, 0.6) is 5.75 Å². The highest BCUT2D eigenvalue weighted by Crippen LogP contribution is 2.34. The number of rotatable bonds is 4. The molecule has 0 N–H and O–H groups in total. The lowest BCUT2D eigenvalue weighted by atomic mass is 10.1. The second-order valence-corrected chi connectivity index (χ2v) is 3.98. The third kappa shape index (κ3) is 2.11. The van der Waals surface area contributed by atoms with E-state index in [1.807, 2.05) is 0 Å². The quantitative estimate of drug-likeness (QED) is 0.469. The fraction of sp³-hybridized carbons (Fsp3) is 0.308. The molecule has 0 aromatic heterocycles. The number of anilines is 1. The van der Waals surface area contributed by atoms with Gasteiger partial charge < -0.3 is 9.47 Å². The zero-order valence-corrected chi connectivity index (χ0v) is 10.9. The molecule has 0 bridgehead atoms. The number of benzene rings is 1. The van der Waals surface area contributed by atoms with E-state index in [1.54, 1.807) is 0 Å². The Hall–Kier alpha value is -2.44. The van der Waals surface area contributed by atoms with Gasteiger partial charge in [0.25, 0.3) is 12.1 Å². The molecule has 0 fully saturated rings. The highest BCUT2D eigenvalue weighted by molar-refractivity contribution is 6.52. The number of alkyl halides is 1. The monoisotopic (exact) mass is 281 g/mol. The zero-order valence-electron chi connectivity index (χ0n) is 10.9. The van der Waals surface area contributed by atoms with Crippen LogP contribution in [0.2, 0.25) is 0 Å². The van der Waals surface area contributed by atoms with E-state index in [2.05, 4.69) is 4.74 Å². The molecule has 6 nitrogen and oxygen atoms in total. The van der Waals surface area contributed by atoms with Gasteiger partial charge in [-0.3, -0.25) is 14.5 Å². The number of halogens is 1. The fourth-order valence-corrected chi connectivity index (χ4v) is 1.91. The molecule has 1 unspecified atom stereocenters. The lowest BCUT2D eigenvalue weighted by Gasteiger charge is -2.19. The summed E-state index contributed by atoms with van der Waals surface area (Å²) < 4.78 is 23.5. The van der Waals surface area contributed by atoms with Gasteiger partial charge in [0.05, 0.1) is 25.0 Å². The van der Waals surface area contributed by atoms with Crippen molar-refractivity contribution in [3.63, 3.8) is 0 Å². The van der Waals surface area contributed by atoms with Crippen molar-refractivity contribution in [1.29, 1.82) is 0 Å². The van der Waals surface area contributed by atoms with E-state index in [0.717, 1.165) is 0 Å². The summed E-state index contributed by atoms with van der Waals surface area (Å²) in [5.74, 6) is -2.85. The van der Waals surface area contributed by atoms with Crippen molar-refractivity contribution >= 4 is 23.3 Å². The normalized spacial score (nSPS) is 15.1. The van der Waals surface area contributed by atoms with Crippen molar-refractivity contribution in [3.8, 4) is 5.75 Å². The Morgan fingerprint density at radius 3 is 2.70 bits per heavy atom. The molecule has 1 aromatic rings. The lowest BCUT2D eigenvalue weighted by molar-refractivity contribution is -0.150. The molecule has 0 spiro atoms. The molecule has 1 aliphatic heterocycles. The summed E-state index contributed by atoms with van der Waals surface area (Å²) in [6.07, 6.45) is -2.36. The largest absolute Gasteiger partial charge is 0.497 e. The Morgan fingerprint density at radius 1 is 1.40 bits per heavy atom. The van der Waals surface area contributed by atoms with Gasteiger partial charge in [-0.15, -0.1) is 0 Å². The van der Waals surface area contributed by atoms with Crippen molar-refractivity contribution in [2.45, 2.75) is 13.2 Å².